The van der Waals surface area contributed by atoms with Crippen LogP contribution in [0.25, 0.3) is 0 Å². The van der Waals surface area contributed by atoms with E-state index in [9.17, 15) is 37.1 Å². The van der Waals surface area contributed by atoms with Crippen LogP contribution in [0.1, 0.15) is 45.7 Å². The zero-order chi connectivity index (χ0) is 32.9. The number of carbonyl (C=O) groups excluding carboxylic acids is 5. The molecule has 3 aromatic rings. The molecule has 1 aliphatic heterocycles. The van der Waals surface area contributed by atoms with Gasteiger partial charge in [0.25, 0.3) is 11.8 Å². The molecule has 1 heterocycles. The molecule has 0 saturated heterocycles. The lowest BCUT2D eigenvalue weighted by Gasteiger charge is -2.39. The highest BCUT2D eigenvalue weighted by atomic mass is 19.4. The summed E-state index contributed by atoms with van der Waals surface area (Å²) in [7, 11) is 0.785. The molecule has 236 valence electrons. The second kappa shape index (κ2) is 13.3. The van der Waals surface area contributed by atoms with Crippen molar-refractivity contribution in [1.29, 1.82) is 0 Å². The quantitative estimate of drug-likeness (QED) is 0.254. The van der Waals surface area contributed by atoms with E-state index < -0.39 is 66.2 Å². The highest BCUT2D eigenvalue weighted by molar-refractivity contribution is 6.22. The molecule has 4 amide bonds. The minimum Gasteiger partial charge on any atom is -0.467 e. The van der Waals surface area contributed by atoms with Crippen molar-refractivity contribution in [2.24, 2.45) is 5.92 Å². The van der Waals surface area contributed by atoms with E-state index in [1.807, 2.05) is 5.32 Å². The number of benzene rings is 3. The standard InChI is InChI=1S/C33H32F3N3O6/c1-21(2)27(28(41)37-32(31(44)45-3,33(34,35)36)18-22-12-6-4-7-13-22)38(19-23-14-8-5-9-15-23)26(40)20-39-29(42)24-16-10-11-17-25(24)30(39)43/h4-17,21,27H,18-20H2,1-3H3,(H,37,41). The Hall–Kier alpha value is -5.00. The molecule has 1 aliphatic rings. The Labute approximate surface area is 258 Å². The highest BCUT2D eigenvalue weighted by Gasteiger charge is 2.63. The van der Waals surface area contributed by atoms with Gasteiger partial charge in [0.15, 0.2) is 0 Å². The topological polar surface area (TPSA) is 113 Å². The van der Waals surface area contributed by atoms with Gasteiger partial charge in [0.2, 0.25) is 17.4 Å². The summed E-state index contributed by atoms with van der Waals surface area (Å²) in [4.78, 5) is 68.6. The van der Waals surface area contributed by atoms with Gasteiger partial charge < -0.3 is 15.0 Å². The lowest BCUT2D eigenvalue weighted by atomic mass is 9.88. The van der Waals surface area contributed by atoms with Gasteiger partial charge >= 0.3 is 12.1 Å². The summed E-state index contributed by atoms with van der Waals surface area (Å²) in [6.07, 6.45) is -6.27. The third kappa shape index (κ3) is 6.74. The number of halogens is 3. The first-order valence-corrected chi connectivity index (χ1v) is 14.1. The Balaban J connectivity index is 1.73. The molecule has 0 spiro atoms. The molecule has 12 heteroatoms. The second-order valence-corrected chi connectivity index (χ2v) is 11.0. The van der Waals surface area contributed by atoms with Gasteiger partial charge in [0, 0.05) is 13.0 Å². The van der Waals surface area contributed by atoms with Crippen LogP contribution in [-0.4, -0.2) is 70.8 Å². The first kappa shape index (κ1) is 32.9. The van der Waals surface area contributed by atoms with Crippen molar-refractivity contribution in [2.45, 2.75) is 44.6 Å². The van der Waals surface area contributed by atoms with Crippen molar-refractivity contribution in [1.82, 2.24) is 15.1 Å². The predicted octanol–water partition coefficient (Wildman–Crippen LogP) is 4.17. The molecular formula is C33H32F3N3O6. The molecule has 0 aromatic heterocycles. The number of rotatable bonds is 11. The molecule has 2 unspecified atom stereocenters. The van der Waals surface area contributed by atoms with Gasteiger partial charge in [0.1, 0.15) is 12.6 Å². The minimum atomic E-state index is -5.30. The van der Waals surface area contributed by atoms with Gasteiger partial charge in [-0.15, -0.1) is 0 Å². The Morgan fingerprint density at radius 1 is 0.822 bits per heavy atom. The maximum absolute atomic E-state index is 14.8. The molecule has 3 aromatic carbocycles. The molecule has 4 rings (SSSR count). The summed E-state index contributed by atoms with van der Waals surface area (Å²) in [5, 5.41) is 1.92. The number of amides is 4. The Morgan fingerprint density at radius 3 is 1.78 bits per heavy atom. The molecule has 2 atom stereocenters. The predicted molar refractivity (Wildman–Crippen MR) is 157 cm³/mol. The van der Waals surface area contributed by atoms with E-state index in [0.717, 1.165) is 16.9 Å². The van der Waals surface area contributed by atoms with Crippen LogP contribution in [0.5, 0.6) is 0 Å². The van der Waals surface area contributed by atoms with Gasteiger partial charge in [-0.05, 0) is 29.2 Å². The van der Waals surface area contributed by atoms with Crippen LogP contribution < -0.4 is 5.32 Å². The van der Waals surface area contributed by atoms with E-state index in [1.54, 1.807) is 48.5 Å². The van der Waals surface area contributed by atoms with Crippen LogP contribution >= 0.6 is 0 Å². The molecule has 0 fully saturated rings. The van der Waals surface area contributed by atoms with E-state index in [0.29, 0.717) is 5.56 Å². The largest absolute Gasteiger partial charge is 0.467 e. The molecule has 0 radical (unpaired) electrons. The lowest BCUT2D eigenvalue weighted by molar-refractivity contribution is -0.213. The highest BCUT2D eigenvalue weighted by Crippen LogP contribution is 2.35. The Bertz CT molecular complexity index is 1540. The van der Waals surface area contributed by atoms with Gasteiger partial charge in [-0.3, -0.25) is 24.1 Å². The Morgan fingerprint density at radius 2 is 1.31 bits per heavy atom. The smallest absolute Gasteiger partial charge is 0.422 e. The number of nitrogens with one attached hydrogen (secondary N) is 1. The van der Waals surface area contributed by atoms with Crippen molar-refractivity contribution >= 4 is 29.6 Å². The summed E-state index contributed by atoms with van der Waals surface area (Å²) in [5.74, 6) is -6.06. The molecule has 0 saturated carbocycles. The number of alkyl halides is 3. The number of hydrogen-bond donors (Lipinski definition) is 1. The van der Waals surface area contributed by atoms with E-state index in [-0.39, 0.29) is 23.2 Å². The van der Waals surface area contributed by atoms with E-state index in [4.69, 9.17) is 0 Å². The molecule has 9 nitrogen and oxygen atoms in total. The van der Waals surface area contributed by atoms with Crippen LogP contribution in [0, 0.1) is 5.92 Å². The average molecular weight is 624 g/mol. The number of fused-ring (bicyclic) bond motifs is 1. The second-order valence-electron chi connectivity index (χ2n) is 11.0. The zero-order valence-electron chi connectivity index (χ0n) is 24.8. The molecular weight excluding hydrogens is 591 g/mol. The van der Waals surface area contributed by atoms with Crippen LogP contribution in [-0.2, 0) is 32.1 Å². The van der Waals surface area contributed by atoms with Gasteiger partial charge in [-0.1, -0.05) is 86.6 Å². The summed E-state index contributed by atoms with van der Waals surface area (Å²) < 4.78 is 49.1. The number of hydrogen-bond acceptors (Lipinski definition) is 6. The van der Waals surface area contributed by atoms with E-state index >= 15 is 0 Å². The van der Waals surface area contributed by atoms with Gasteiger partial charge in [-0.25, -0.2) is 4.79 Å². The van der Waals surface area contributed by atoms with Gasteiger partial charge in [0.05, 0.1) is 18.2 Å². The fourth-order valence-electron chi connectivity index (χ4n) is 5.35. The summed E-state index contributed by atoms with van der Waals surface area (Å²) in [5.41, 5.74) is -2.64. The summed E-state index contributed by atoms with van der Waals surface area (Å²) >= 11 is 0. The van der Waals surface area contributed by atoms with Crippen LogP contribution in [0.2, 0.25) is 0 Å². The maximum atomic E-state index is 14.8. The number of nitrogens with zero attached hydrogens (tertiary/aromatic N) is 2. The minimum absolute atomic E-state index is 0.101. The number of carbonyl (C=O) groups is 5. The fraction of sp³-hybridized carbons (Fsp3) is 0.303. The summed E-state index contributed by atoms with van der Waals surface area (Å²) in [6, 6.07) is 20.2. The molecule has 45 heavy (non-hydrogen) atoms. The molecule has 0 bridgehead atoms. The summed E-state index contributed by atoms with van der Waals surface area (Å²) in [6.45, 7) is 2.06. The van der Waals surface area contributed by atoms with Crippen LogP contribution in [0.15, 0.2) is 84.9 Å². The van der Waals surface area contributed by atoms with Gasteiger partial charge in [-0.2, -0.15) is 13.2 Å². The fourth-order valence-corrected chi connectivity index (χ4v) is 5.35. The molecule has 0 aliphatic carbocycles. The average Bonchev–Trinajstić information content (AvgIpc) is 3.25. The monoisotopic (exact) mass is 623 g/mol. The van der Waals surface area contributed by atoms with Crippen molar-refractivity contribution in [2.75, 3.05) is 13.7 Å². The Kier molecular flexibility index (Phi) is 9.75. The first-order chi connectivity index (χ1) is 21.3. The van der Waals surface area contributed by atoms with E-state index in [1.165, 1.54) is 50.2 Å². The number of methoxy groups -OCH3 is 1. The first-order valence-electron chi connectivity index (χ1n) is 14.1. The van der Waals surface area contributed by atoms with E-state index in [2.05, 4.69) is 4.74 Å². The third-order valence-corrected chi connectivity index (χ3v) is 7.59. The maximum Gasteiger partial charge on any atom is 0.422 e. The third-order valence-electron chi connectivity index (χ3n) is 7.59. The zero-order valence-corrected chi connectivity index (χ0v) is 24.8. The van der Waals surface area contributed by atoms with Crippen LogP contribution in [0.3, 0.4) is 0 Å². The normalized spacial score (nSPS) is 14.9. The number of esters is 1. The van der Waals surface area contributed by atoms with Crippen LogP contribution in [0.4, 0.5) is 13.2 Å². The lowest BCUT2D eigenvalue weighted by Crippen LogP contribution is -2.68. The van der Waals surface area contributed by atoms with Crippen molar-refractivity contribution < 1.29 is 41.9 Å². The SMILES string of the molecule is COC(=O)C(Cc1ccccc1)(NC(=O)C(C(C)C)N(Cc1ccccc1)C(=O)CN1C(=O)c2ccccc2C1=O)C(F)(F)F. The van der Waals surface area contributed by atoms with Crippen molar-refractivity contribution in [3.8, 4) is 0 Å². The number of ether oxygens (including phenoxy) is 1. The van der Waals surface area contributed by atoms with Crippen molar-refractivity contribution in [3.63, 3.8) is 0 Å². The number of imide groups is 1. The molecule has 1 N–H and O–H groups in total. The van der Waals surface area contributed by atoms with Crippen molar-refractivity contribution in [3.05, 3.63) is 107 Å².